The molecule has 1 amide bonds. The first-order valence-corrected chi connectivity index (χ1v) is 9.03. The highest BCUT2D eigenvalue weighted by molar-refractivity contribution is 6.30. The number of carbonyl (C=O) groups excluding carboxylic acids is 1. The van der Waals surface area contributed by atoms with Crippen LogP contribution >= 0.6 is 0 Å². The Morgan fingerprint density at radius 1 is 0.778 bits per heavy atom. The topological polar surface area (TPSA) is 40.5 Å². The number of aryl methyl sites for hydroxylation is 2. The fourth-order valence-corrected chi connectivity index (χ4v) is 3.84. The molecule has 27 heavy (non-hydrogen) atoms. The fraction of sp³-hybridized carbons (Fsp3) is 0.125. The smallest absolute Gasteiger partial charge is 0.263 e. The first-order chi connectivity index (χ1) is 13.1. The average Bonchev–Trinajstić information content (AvgIpc) is 2.93. The van der Waals surface area contributed by atoms with Gasteiger partial charge in [0.05, 0.1) is 11.3 Å². The molecule has 0 aromatic heterocycles. The first-order valence-electron chi connectivity index (χ1n) is 9.03. The van der Waals surface area contributed by atoms with Crippen molar-refractivity contribution in [3.63, 3.8) is 0 Å². The normalized spacial score (nSPS) is 16.9. The van der Waals surface area contributed by atoms with Crippen LogP contribution in [0.5, 0.6) is 0 Å². The van der Waals surface area contributed by atoms with Gasteiger partial charge >= 0.3 is 0 Å². The molecule has 1 unspecified atom stereocenters. The highest BCUT2D eigenvalue weighted by atomic mass is 16.3. The van der Waals surface area contributed by atoms with Crippen LogP contribution in [0.25, 0.3) is 5.57 Å². The van der Waals surface area contributed by atoms with Crippen molar-refractivity contribution < 1.29 is 9.90 Å². The van der Waals surface area contributed by atoms with Gasteiger partial charge in [-0.3, -0.25) is 9.69 Å². The van der Waals surface area contributed by atoms with Crippen LogP contribution in [-0.4, -0.2) is 11.0 Å². The van der Waals surface area contributed by atoms with Crippen LogP contribution in [0.2, 0.25) is 0 Å². The van der Waals surface area contributed by atoms with Gasteiger partial charge in [0.2, 0.25) is 0 Å². The summed E-state index contributed by atoms with van der Waals surface area (Å²) in [5.41, 5.74) is 4.85. The molecule has 1 atom stereocenters. The van der Waals surface area contributed by atoms with Crippen molar-refractivity contribution in [1.29, 1.82) is 0 Å². The highest BCUT2D eigenvalue weighted by Gasteiger charge is 2.42. The summed E-state index contributed by atoms with van der Waals surface area (Å²) in [7, 11) is 0. The molecule has 3 aromatic rings. The summed E-state index contributed by atoms with van der Waals surface area (Å²) in [6.45, 7) is 3.99. The number of nitrogens with zero attached hydrogens (tertiary/aromatic N) is 1. The van der Waals surface area contributed by atoms with Crippen LogP contribution in [0.15, 0.2) is 84.6 Å². The van der Waals surface area contributed by atoms with E-state index in [-0.39, 0.29) is 11.7 Å². The molecule has 3 aromatic carbocycles. The molecule has 134 valence electrons. The minimum atomic E-state index is -0.534. The number of anilines is 1. The van der Waals surface area contributed by atoms with Gasteiger partial charge < -0.3 is 5.11 Å². The van der Waals surface area contributed by atoms with E-state index < -0.39 is 6.04 Å². The van der Waals surface area contributed by atoms with Crippen molar-refractivity contribution in [3.8, 4) is 0 Å². The molecule has 0 aliphatic carbocycles. The summed E-state index contributed by atoms with van der Waals surface area (Å²) < 4.78 is 0. The lowest BCUT2D eigenvalue weighted by atomic mass is 10.0. The summed E-state index contributed by atoms with van der Waals surface area (Å²) in [4.78, 5) is 15.2. The molecule has 1 N–H and O–H groups in total. The number of amides is 1. The zero-order valence-electron chi connectivity index (χ0n) is 15.4. The quantitative estimate of drug-likeness (QED) is 0.687. The Hall–Kier alpha value is -3.33. The predicted molar refractivity (Wildman–Crippen MR) is 109 cm³/mol. The van der Waals surface area contributed by atoms with Crippen molar-refractivity contribution >= 4 is 17.2 Å². The molecule has 0 fully saturated rings. The molecular weight excluding hydrogens is 334 g/mol. The minimum Gasteiger partial charge on any atom is -0.509 e. The van der Waals surface area contributed by atoms with Gasteiger partial charge in [0.15, 0.2) is 0 Å². The van der Waals surface area contributed by atoms with E-state index in [1.165, 1.54) is 0 Å². The minimum absolute atomic E-state index is 0.0973. The Morgan fingerprint density at radius 3 is 1.93 bits per heavy atom. The van der Waals surface area contributed by atoms with Gasteiger partial charge in [0, 0.05) is 0 Å². The van der Waals surface area contributed by atoms with E-state index in [1.807, 2.05) is 92.7 Å². The summed E-state index contributed by atoms with van der Waals surface area (Å²) in [6.07, 6.45) is 0. The third kappa shape index (κ3) is 2.81. The van der Waals surface area contributed by atoms with E-state index in [9.17, 15) is 9.90 Å². The van der Waals surface area contributed by atoms with Crippen LogP contribution in [-0.2, 0) is 4.79 Å². The van der Waals surface area contributed by atoms with E-state index >= 15 is 0 Å². The predicted octanol–water partition coefficient (Wildman–Crippen LogP) is 5.36. The van der Waals surface area contributed by atoms with E-state index in [4.69, 9.17) is 0 Å². The molecule has 0 saturated carbocycles. The zero-order valence-corrected chi connectivity index (χ0v) is 15.4. The lowest BCUT2D eigenvalue weighted by Crippen LogP contribution is -2.31. The Labute approximate surface area is 159 Å². The summed E-state index contributed by atoms with van der Waals surface area (Å²) in [6, 6.07) is 24.5. The molecule has 0 radical (unpaired) electrons. The first kappa shape index (κ1) is 17.1. The van der Waals surface area contributed by atoms with Crippen molar-refractivity contribution in [1.82, 2.24) is 0 Å². The van der Waals surface area contributed by atoms with Gasteiger partial charge in [-0.1, -0.05) is 78.9 Å². The molecule has 1 aliphatic heterocycles. The second-order valence-electron chi connectivity index (χ2n) is 6.86. The lowest BCUT2D eigenvalue weighted by Gasteiger charge is -2.28. The molecule has 0 saturated heterocycles. The van der Waals surface area contributed by atoms with Crippen LogP contribution in [0.4, 0.5) is 5.69 Å². The number of benzene rings is 3. The third-order valence-corrected chi connectivity index (χ3v) is 5.06. The molecular formula is C24H21NO2. The van der Waals surface area contributed by atoms with Gasteiger partial charge in [-0.15, -0.1) is 0 Å². The van der Waals surface area contributed by atoms with Crippen LogP contribution in [0, 0.1) is 13.8 Å². The largest absolute Gasteiger partial charge is 0.509 e. The number of hydrogen-bond donors (Lipinski definition) is 1. The van der Waals surface area contributed by atoms with E-state index in [0.717, 1.165) is 27.9 Å². The van der Waals surface area contributed by atoms with E-state index in [1.54, 1.807) is 4.90 Å². The maximum Gasteiger partial charge on any atom is 0.263 e. The molecule has 1 heterocycles. The fourth-order valence-electron chi connectivity index (χ4n) is 3.84. The molecule has 3 heteroatoms. The monoisotopic (exact) mass is 355 g/mol. The maximum atomic E-state index is 13.5. The van der Waals surface area contributed by atoms with Gasteiger partial charge in [-0.2, -0.15) is 0 Å². The molecule has 0 spiro atoms. The SMILES string of the molecule is Cc1cccc(C)c1N1C(=O)C(c2ccccc2)=C(O)C1c1ccccc1. The highest BCUT2D eigenvalue weighted by Crippen LogP contribution is 2.45. The number of aliphatic hydroxyl groups is 1. The van der Waals surface area contributed by atoms with Crippen LogP contribution < -0.4 is 4.90 Å². The molecule has 1 aliphatic rings. The molecule has 3 nitrogen and oxygen atoms in total. The zero-order chi connectivity index (χ0) is 19.0. The Balaban J connectivity index is 1.95. The van der Waals surface area contributed by atoms with Crippen molar-refractivity contribution in [2.24, 2.45) is 0 Å². The van der Waals surface area contributed by atoms with Gasteiger partial charge in [-0.05, 0) is 36.1 Å². The van der Waals surface area contributed by atoms with Gasteiger partial charge in [-0.25, -0.2) is 0 Å². The summed E-state index contributed by atoms with van der Waals surface area (Å²) in [5.74, 6) is -0.0787. The third-order valence-electron chi connectivity index (χ3n) is 5.06. The number of aliphatic hydroxyl groups excluding tert-OH is 1. The lowest BCUT2D eigenvalue weighted by molar-refractivity contribution is -0.113. The average molecular weight is 355 g/mol. The molecule has 4 rings (SSSR count). The maximum absolute atomic E-state index is 13.5. The van der Waals surface area contributed by atoms with Crippen LogP contribution in [0.3, 0.4) is 0 Å². The number of hydrogen-bond acceptors (Lipinski definition) is 2. The Kier molecular flexibility index (Phi) is 4.28. The van der Waals surface area contributed by atoms with Crippen LogP contribution in [0.1, 0.15) is 28.3 Å². The Morgan fingerprint density at radius 2 is 1.33 bits per heavy atom. The van der Waals surface area contributed by atoms with Gasteiger partial charge in [0.25, 0.3) is 5.91 Å². The Bertz CT molecular complexity index is 1000. The number of para-hydroxylation sites is 1. The van der Waals surface area contributed by atoms with E-state index in [0.29, 0.717) is 5.57 Å². The van der Waals surface area contributed by atoms with E-state index in [2.05, 4.69) is 0 Å². The summed E-state index contributed by atoms with van der Waals surface area (Å²) >= 11 is 0. The van der Waals surface area contributed by atoms with Crippen molar-refractivity contribution in [2.45, 2.75) is 19.9 Å². The summed E-state index contributed by atoms with van der Waals surface area (Å²) in [5, 5.41) is 11.2. The second-order valence-corrected chi connectivity index (χ2v) is 6.86. The number of rotatable bonds is 3. The standard InChI is InChI=1S/C24H21NO2/c1-16-10-9-11-17(2)21(16)25-22(19-14-7-4-8-15-19)23(26)20(24(25)27)18-12-5-3-6-13-18/h3-15,22,26H,1-2H3. The molecule has 0 bridgehead atoms. The van der Waals surface area contributed by atoms with Gasteiger partial charge in [0.1, 0.15) is 11.8 Å². The van der Waals surface area contributed by atoms with Crippen molar-refractivity contribution in [2.75, 3.05) is 4.90 Å². The second kappa shape index (κ2) is 6.76. The van der Waals surface area contributed by atoms with Crippen molar-refractivity contribution in [3.05, 3.63) is 107 Å². The number of carbonyl (C=O) groups is 1.